The Bertz CT molecular complexity index is 654. The predicted molar refractivity (Wildman–Crippen MR) is 104 cm³/mol. The highest BCUT2D eigenvalue weighted by atomic mass is 127. The van der Waals surface area contributed by atoms with E-state index in [4.69, 9.17) is 0 Å². The SMILES string of the molecule is CN=C(NCc1ccccn1)NCc1nnc2n1CCCCC2.I. The van der Waals surface area contributed by atoms with Gasteiger partial charge in [-0.25, -0.2) is 0 Å². The third-order valence-corrected chi connectivity index (χ3v) is 3.99. The minimum atomic E-state index is 0. The Labute approximate surface area is 159 Å². The summed E-state index contributed by atoms with van der Waals surface area (Å²) in [6.07, 6.45) is 6.49. The molecule has 0 unspecified atom stereocenters. The summed E-state index contributed by atoms with van der Waals surface area (Å²) in [5.74, 6) is 2.82. The smallest absolute Gasteiger partial charge is 0.191 e. The summed E-state index contributed by atoms with van der Waals surface area (Å²) in [4.78, 5) is 8.53. The Balaban J connectivity index is 0.00000208. The van der Waals surface area contributed by atoms with E-state index in [9.17, 15) is 0 Å². The second-order valence-electron chi connectivity index (χ2n) is 5.60. The first kappa shape index (κ1) is 18.6. The van der Waals surface area contributed by atoms with Gasteiger partial charge in [0.1, 0.15) is 5.82 Å². The van der Waals surface area contributed by atoms with Crippen LogP contribution in [0.3, 0.4) is 0 Å². The average Bonchev–Trinajstić information content (AvgIpc) is 2.83. The first-order valence-corrected chi connectivity index (χ1v) is 8.12. The quantitative estimate of drug-likeness (QED) is 0.431. The van der Waals surface area contributed by atoms with E-state index in [0.29, 0.717) is 13.1 Å². The van der Waals surface area contributed by atoms with Crippen molar-refractivity contribution in [2.75, 3.05) is 7.05 Å². The fourth-order valence-corrected chi connectivity index (χ4v) is 2.74. The van der Waals surface area contributed by atoms with Crippen molar-refractivity contribution in [3.8, 4) is 0 Å². The number of rotatable bonds is 4. The van der Waals surface area contributed by atoms with Gasteiger partial charge in [0.25, 0.3) is 0 Å². The summed E-state index contributed by atoms with van der Waals surface area (Å²) >= 11 is 0. The van der Waals surface area contributed by atoms with Gasteiger partial charge < -0.3 is 15.2 Å². The minimum Gasteiger partial charge on any atom is -0.351 e. The second-order valence-corrected chi connectivity index (χ2v) is 5.60. The molecule has 0 fully saturated rings. The first-order chi connectivity index (χ1) is 11.4. The maximum atomic E-state index is 4.32. The summed E-state index contributed by atoms with van der Waals surface area (Å²) in [5.41, 5.74) is 0.979. The van der Waals surface area contributed by atoms with Gasteiger partial charge in [-0.05, 0) is 25.0 Å². The monoisotopic (exact) mass is 441 g/mol. The molecule has 24 heavy (non-hydrogen) atoms. The molecular weight excluding hydrogens is 417 g/mol. The molecular formula is C16H24IN7. The Morgan fingerprint density at radius 1 is 1.17 bits per heavy atom. The van der Waals surface area contributed by atoms with E-state index < -0.39 is 0 Å². The van der Waals surface area contributed by atoms with Crippen LogP contribution in [0.2, 0.25) is 0 Å². The number of aryl methyl sites for hydroxylation is 1. The van der Waals surface area contributed by atoms with E-state index in [2.05, 4.69) is 35.4 Å². The lowest BCUT2D eigenvalue weighted by Gasteiger charge is -2.12. The van der Waals surface area contributed by atoms with Gasteiger partial charge in [0.15, 0.2) is 11.8 Å². The van der Waals surface area contributed by atoms with Crippen molar-refractivity contribution in [2.45, 2.75) is 45.3 Å². The molecule has 0 aliphatic carbocycles. The average molecular weight is 441 g/mol. The number of aromatic nitrogens is 4. The third-order valence-electron chi connectivity index (χ3n) is 3.99. The number of guanidine groups is 1. The van der Waals surface area contributed by atoms with Gasteiger partial charge >= 0.3 is 0 Å². The van der Waals surface area contributed by atoms with Crippen LogP contribution in [-0.2, 0) is 26.1 Å². The highest BCUT2D eigenvalue weighted by Crippen LogP contribution is 2.14. The number of hydrogen-bond acceptors (Lipinski definition) is 4. The van der Waals surface area contributed by atoms with Crippen LogP contribution in [0, 0.1) is 0 Å². The molecule has 2 aromatic heterocycles. The second kappa shape index (κ2) is 9.55. The fraction of sp³-hybridized carbons (Fsp3) is 0.500. The number of halogens is 1. The Kier molecular flexibility index (Phi) is 7.41. The topological polar surface area (TPSA) is 80.0 Å². The molecule has 0 amide bonds. The summed E-state index contributed by atoms with van der Waals surface area (Å²) < 4.78 is 2.24. The van der Waals surface area contributed by atoms with Crippen molar-refractivity contribution in [3.05, 3.63) is 41.7 Å². The summed E-state index contributed by atoms with van der Waals surface area (Å²) in [6, 6.07) is 5.87. The molecule has 7 nitrogen and oxygen atoms in total. The lowest BCUT2D eigenvalue weighted by molar-refractivity contribution is 0.596. The molecule has 1 aliphatic rings. The minimum absolute atomic E-state index is 0. The molecule has 8 heteroatoms. The van der Waals surface area contributed by atoms with E-state index in [1.807, 2.05) is 18.2 Å². The number of aliphatic imine (C=N–C) groups is 1. The Hall–Kier alpha value is -1.71. The molecule has 0 radical (unpaired) electrons. The van der Waals surface area contributed by atoms with Gasteiger partial charge in [-0.3, -0.25) is 9.98 Å². The zero-order valence-corrected chi connectivity index (χ0v) is 16.2. The van der Waals surface area contributed by atoms with Gasteiger partial charge in [-0.1, -0.05) is 12.5 Å². The molecule has 0 saturated carbocycles. The van der Waals surface area contributed by atoms with E-state index in [1.54, 1.807) is 13.2 Å². The van der Waals surface area contributed by atoms with E-state index in [0.717, 1.165) is 36.3 Å². The maximum Gasteiger partial charge on any atom is 0.191 e. The van der Waals surface area contributed by atoms with Crippen LogP contribution in [0.25, 0.3) is 0 Å². The first-order valence-electron chi connectivity index (χ1n) is 8.12. The fourth-order valence-electron chi connectivity index (χ4n) is 2.74. The van der Waals surface area contributed by atoms with E-state index in [1.165, 1.54) is 19.3 Å². The van der Waals surface area contributed by atoms with Gasteiger partial charge in [-0.2, -0.15) is 0 Å². The highest BCUT2D eigenvalue weighted by Gasteiger charge is 2.14. The zero-order valence-electron chi connectivity index (χ0n) is 13.9. The standard InChI is InChI=1S/C16H23N7.HI/c1-17-16(19-11-13-7-4-5-9-18-13)20-12-15-22-21-14-8-3-2-6-10-23(14)15;/h4-5,7,9H,2-3,6,8,10-12H2,1H3,(H2,17,19,20);1H. The van der Waals surface area contributed by atoms with Crippen molar-refractivity contribution >= 4 is 29.9 Å². The molecule has 1 aliphatic heterocycles. The maximum absolute atomic E-state index is 4.32. The lowest BCUT2D eigenvalue weighted by atomic mass is 10.2. The molecule has 0 bridgehead atoms. The van der Waals surface area contributed by atoms with E-state index >= 15 is 0 Å². The van der Waals surface area contributed by atoms with Gasteiger partial charge in [0.2, 0.25) is 0 Å². The Morgan fingerprint density at radius 3 is 2.83 bits per heavy atom. The molecule has 130 valence electrons. The molecule has 2 aromatic rings. The van der Waals surface area contributed by atoms with Crippen LogP contribution >= 0.6 is 24.0 Å². The number of nitrogens with one attached hydrogen (secondary N) is 2. The van der Waals surface area contributed by atoms with Crippen LogP contribution in [-0.4, -0.2) is 32.8 Å². The van der Waals surface area contributed by atoms with Crippen LogP contribution in [0.1, 0.15) is 36.6 Å². The normalized spacial score (nSPS) is 14.3. The predicted octanol–water partition coefficient (Wildman–Crippen LogP) is 1.88. The molecule has 2 N–H and O–H groups in total. The van der Waals surface area contributed by atoms with Crippen LogP contribution in [0.4, 0.5) is 0 Å². The van der Waals surface area contributed by atoms with Crippen molar-refractivity contribution in [3.63, 3.8) is 0 Å². The number of fused-ring (bicyclic) bond motifs is 1. The molecule has 3 rings (SSSR count). The highest BCUT2D eigenvalue weighted by molar-refractivity contribution is 14.0. The lowest BCUT2D eigenvalue weighted by Crippen LogP contribution is -2.37. The molecule has 0 aromatic carbocycles. The van der Waals surface area contributed by atoms with Crippen molar-refractivity contribution in [1.29, 1.82) is 0 Å². The zero-order chi connectivity index (χ0) is 15.9. The van der Waals surface area contributed by atoms with Gasteiger partial charge in [-0.15, -0.1) is 34.2 Å². The molecule has 0 spiro atoms. The van der Waals surface area contributed by atoms with E-state index in [-0.39, 0.29) is 24.0 Å². The largest absolute Gasteiger partial charge is 0.351 e. The van der Waals surface area contributed by atoms with Crippen molar-refractivity contribution in [2.24, 2.45) is 4.99 Å². The third kappa shape index (κ3) is 4.89. The van der Waals surface area contributed by atoms with Gasteiger partial charge in [0.05, 0.1) is 18.8 Å². The summed E-state index contributed by atoms with van der Waals surface area (Å²) in [6.45, 7) is 2.27. The molecule has 0 atom stereocenters. The van der Waals surface area contributed by atoms with Crippen LogP contribution in [0.5, 0.6) is 0 Å². The molecule has 3 heterocycles. The Morgan fingerprint density at radius 2 is 2.04 bits per heavy atom. The number of pyridine rings is 1. The number of hydrogen-bond donors (Lipinski definition) is 2. The van der Waals surface area contributed by atoms with Crippen molar-refractivity contribution in [1.82, 2.24) is 30.4 Å². The summed E-state index contributed by atoms with van der Waals surface area (Å²) in [5, 5.41) is 15.2. The number of nitrogens with zero attached hydrogens (tertiary/aromatic N) is 5. The van der Waals surface area contributed by atoms with Crippen LogP contribution < -0.4 is 10.6 Å². The molecule has 0 saturated heterocycles. The van der Waals surface area contributed by atoms with Crippen molar-refractivity contribution < 1.29 is 0 Å². The van der Waals surface area contributed by atoms with Gasteiger partial charge in [0, 0.05) is 26.2 Å². The summed E-state index contributed by atoms with van der Waals surface area (Å²) in [7, 11) is 1.76. The van der Waals surface area contributed by atoms with Crippen LogP contribution in [0.15, 0.2) is 29.4 Å².